The third kappa shape index (κ3) is 2.84. The van der Waals surface area contributed by atoms with Gasteiger partial charge in [0.25, 0.3) is 0 Å². The Kier molecular flexibility index (Phi) is 3.28. The highest BCUT2D eigenvalue weighted by molar-refractivity contribution is 5.79. The summed E-state index contributed by atoms with van der Waals surface area (Å²) in [7, 11) is 0. The fourth-order valence-electron chi connectivity index (χ4n) is 1.79. The van der Waals surface area contributed by atoms with Gasteiger partial charge in [0.1, 0.15) is 5.54 Å². The van der Waals surface area contributed by atoms with Crippen LogP contribution in [0.4, 0.5) is 13.2 Å². The Morgan fingerprint density at radius 1 is 1.47 bits per heavy atom. The Bertz CT molecular complexity index is 250. The molecule has 1 fully saturated rings. The molecule has 3 nitrogen and oxygen atoms in total. The number of rotatable bonds is 5. The molecule has 0 aromatic carbocycles. The van der Waals surface area contributed by atoms with Crippen molar-refractivity contribution in [1.82, 2.24) is 5.32 Å². The van der Waals surface area contributed by atoms with Crippen molar-refractivity contribution in [3.8, 4) is 0 Å². The summed E-state index contributed by atoms with van der Waals surface area (Å²) in [5, 5.41) is 11.2. The van der Waals surface area contributed by atoms with Crippen molar-refractivity contribution in [2.45, 2.75) is 37.9 Å². The van der Waals surface area contributed by atoms with Gasteiger partial charge in [0.2, 0.25) is 0 Å². The van der Waals surface area contributed by atoms with Crippen LogP contribution in [0.15, 0.2) is 0 Å². The Morgan fingerprint density at radius 3 is 2.27 bits per heavy atom. The van der Waals surface area contributed by atoms with Crippen molar-refractivity contribution in [2.24, 2.45) is 5.92 Å². The Morgan fingerprint density at radius 2 is 2.00 bits per heavy atom. The molecule has 15 heavy (non-hydrogen) atoms. The molecule has 1 unspecified atom stereocenters. The quantitative estimate of drug-likeness (QED) is 0.749. The second-order valence-corrected chi connectivity index (χ2v) is 3.87. The molecule has 0 bridgehead atoms. The van der Waals surface area contributed by atoms with E-state index in [9.17, 15) is 18.0 Å². The van der Waals surface area contributed by atoms with Crippen molar-refractivity contribution < 1.29 is 23.1 Å². The zero-order valence-corrected chi connectivity index (χ0v) is 8.40. The molecular weight excluding hydrogens is 211 g/mol. The number of alkyl halides is 3. The van der Waals surface area contributed by atoms with Crippen LogP contribution in [0, 0.1) is 5.92 Å². The van der Waals surface area contributed by atoms with Crippen LogP contribution in [0.25, 0.3) is 0 Å². The van der Waals surface area contributed by atoms with E-state index in [1.807, 2.05) is 0 Å². The molecule has 6 heteroatoms. The predicted molar refractivity (Wildman–Crippen MR) is 47.4 cm³/mol. The van der Waals surface area contributed by atoms with Gasteiger partial charge in [-0.05, 0) is 25.2 Å². The highest BCUT2D eigenvalue weighted by Crippen LogP contribution is 2.42. The summed E-state index contributed by atoms with van der Waals surface area (Å²) in [4.78, 5) is 11.0. The molecule has 0 aliphatic heterocycles. The highest BCUT2D eigenvalue weighted by Gasteiger charge is 2.51. The first-order chi connectivity index (χ1) is 6.82. The van der Waals surface area contributed by atoms with E-state index in [-0.39, 0.29) is 12.3 Å². The van der Waals surface area contributed by atoms with Gasteiger partial charge in [-0.3, -0.25) is 10.1 Å². The topological polar surface area (TPSA) is 49.3 Å². The lowest BCUT2D eigenvalue weighted by atomic mass is 9.90. The first-order valence-electron chi connectivity index (χ1n) is 4.87. The first-order valence-corrected chi connectivity index (χ1v) is 4.87. The smallest absolute Gasteiger partial charge is 0.401 e. The van der Waals surface area contributed by atoms with Crippen LogP contribution in [0.3, 0.4) is 0 Å². The first kappa shape index (κ1) is 12.3. The number of hydrogen-bond donors (Lipinski definition) is 2. The van der Waals surface area contributed by atoms with Crippen LogP contribution < -0.4 is 5.32 Å². The summed E-state index contributed by atoms with van der Waals surface area (Å²) in [6.07, 6.45) is -2.83. The minimum atomic E-state index is -4.37. The van der Waals surface area contributed by atoms with Gasteiger partial charge in [-0.1, -0.05) is 6.92 Å². The Labute approximate surface area is 85.7 Å². The number of halogens is 3. The second-order valence-electron chi connectivity index (χ2n) is 3.87. The predicted octanol–water partition coefficient (Wildman–Crippen LogP) is 1.78. The molecule has 0 saturated heterocycles. The third-order valence-electron chi connectivity index (χ3n) is 2.82. The molecular formula is C9H14F3NO2. The van der Waals surface area contributed by atoms with Crippen LogP contribution in [-0.4, -0.2) is 29.3 Å². The molecule has 1 atom stereocenters. The van der Waals surface area contributed by atoms with Gasteiger partial charge in [-0.2, -0.15) is 13.2 Å². The number of aliphatic carboxylic acids is 1. The van der Waals surface area contributed by atoms with E-state index in [1.54, 1.807) is 6.92 Å². The van der Waals surface area contributed by atoms with Crippen molar-refractivity contribution in [3.63, 3.8) is 0 Å². The standard InChI is InChI=1S/C9H14F3NO2/c1-2-8(7(14)15,6-3-4-6)13-5-9(10,11)12/h6,13H,2-5H2,1H3,(H,14,15). The van der Waals surface area contributed by atoms with Crippen molar-refractivity contribution >= 4 is 5.97 Å². The van der Waals surface area contributed by atoms with E-state index in [2.05, 4.69) is 5.32 Å². The Hall–Kier alpha value is -0.780. The van der Waals surface area contributed by atoms with E-state index in [4.69, 9.17) is 5.11 Å². The van der Waals surface area contributed by atoms with Gasteiger partial charge in [-0.25, -0.2) is 0 Å². The summed E-state index contributed by atoms with van der Waals surface area (Å²) >= 11 is 0. The van der Waals surface area contributed by atoms with E-state index >= 15 is 0 Å². The molecule has 0 aromatic rings. The number of carbonyl (C=O) groups is 1. The molecule has 1 aliphatic carbocycles. The minimum absolute atomic E-state index is 0.164. The van der Waals surface area contributed by atoms with Gasteiger partial charge in [0.15, 0.2) is 0 Å². The van der Waals surface area contributed by atoms with E-state index in [0.29, 0.717) is 12.8 Å². The van der Waals surface area contributed by atoms with Crippen LogP contribution in [0.2, 0.25) is 0 Å². The third-order valence-corrected chi connectivity index (χ3v) is 2.82. The summed E-state index contributed by atoms with van der Waals surface area (Å²) < 4.78 is 36.0. The molecule has 0 spiro atoms. The van der Waals surface area contributed by atoms with Crippen LogP contribution >= 0.6 is 0 Å². The molecule has 1 rings (SSSR count). The summed E-state index contributed by atoms with van der Waals surface area (Å²) in [5.41, 5.74) is -1.39. The molecule has 1 aliphatic rings. The lowest BCUT2D eigenvalue weighted by Gasteiger charge is -2.30. The molecule has 0 amide bonds. The van der Waals surface area contributed by atoms with E-state index < -0.39 is 24.2 Å². The van der Waals surface area contributed by atoms with E-state index in [0.717, 1.165) is 0 Å². The summed E-state index contributed by atoms with van der Waals surface area (Å²) in [6, 6.07) is 0. The van der Waals surface area contributed by atoms with Gasteiger partial charge in [-0.15, -0.1) is 0 Å². The van der Waals surface area contributed by atoms with Crippen LogP contribution in [0.1, 0.15) is 26.2 Å². The minimum Gasteiger partial charge on any atom is -0.480 e. The average molecular weight is 225 g/mol. The zero-order valence-electron chi connectivity index (χ0n) is 8.40. The monoisotopic (exact) mass is 225 g/mol. The van der Waals surface area contributed by atoms with Crippen LogP contribution in [0.5, 0.6) is 0 Å². The van der Waals surface area contributed by atoms with Crippen LogP contribution in [-0.2, 0) is 4.79 Å². The number of hydrogen-bond acceptors (Lipinski definition) is 2. The normalized spacial score (nSPS) is 21.1. The van der Waals surface area contributed by atoms with Gasteiger partial charge in [0.05, 0.1) is 6.54 Å². The van der Waals surface area contributed by atoms with Gasteiger partial charge >= 0.3 is 12.1 Å². The van der Waals surface area contributed by atoms with Crippen molar-refractivity contribution in [2.75, 3.05) is 6.54 Å². The van der Waals surface area contributed by atoms with Crippen molar-refractivity contribution in [3.05, 3.63) is 0 Å². The number of carboxylic acids is 1. The van der Waals surface area contributed by atoms with E-state index in [1.165, 1.54) is 0 Å². The zero-order chi connectivity index (χ0) is 11.7. The SMILES string of the molecule is CCC(NCC(F)(F)F)(C(=O)O)C1CC1. The maximum Gasteiger partial charge on any atom is 0.401 e. The maximum absolute atomic E-state index is 12.0. The molecule has 0 radical (unpaired) electrons. The molecule has 0 heterocycles. The number of carboxylic acid groups (broad SMARTS) is 1. The summed E-state index contributed by atoms with van der Waals surface area (Å²) in [6.45, 7) is 0.347. The fraction of sp³-hybridized carbons (Fsp3) is 0.889. The van der Waals surface area contributed by atoms with Crippen molar-refractivity contribution in [1.29, 1.82) is 0 Å². The van der Waals surface area contributed by atoms with Gasteiger partial charge in [0, 0.05) is 0 Å². The largest absolute Gasteiger partial charge is 0.480 e. The second kappa shape index (κ2) is 4.00. The summed E-state index contributed by atoms with van der Waals surface area (Å²) in [5.74, 6) is -1.35. The molecule has 0 aromatic heterocycles. The highest BCUT2D eigenvalue weighted by atomic mass is 19.4. The lowest BCUT2D eigenvalue weighted by Crippen LogP contribution is -2.56. The Balaban J connectivity index is 2.68. The van der Waals surface area contributed by atoms with Gasteiger partial charge < -0.3 is 5.11 Å². The maximum atomic E-state index is 12.0. The molecule has 1 saturated carbocycles. The molecule has 88 valence electrons. The number of nitrogens with one attached hydrogen (secondary N) is 1. The lowest BCUT2D eigenvalue weighted by molar-refractivity contribution is -0.151. The fourth-order valence-corrected chi connectivity index (χ4v) is 1.79. The average Bonchev–Trinajstić information content (AvgIpc) is 2.87. The molecule has 2 N–H and O–H groups in total.